The van der Waals surface area contributed by atoms with Crippen molar-refractivity contribution in [2.24, 2.45) is 5.92 Å². The van der Waals surface area contributed by atoms with Gasteiger partial charge in [0.25, 0.3) is 0 Å². The molecular formula is C20H30N4O2. The van der Waals surface area contributed by atoms with Crippen molar-refractivity contribution >= 4 is 23.2 Å². The number of fused-ring (bicyclic) bond motifs is 1. The zero-order valence-electron chi connectivity index (χ0n) is 15.8. The minimum Gasteiger partial charge on any atom is -0.326 e. The molecule has 3 N–H and O–H groups in total. The third-order valence-electron chi connectivity index (χ3n) is 5.40. The second-order valence-corrected chi connectivity index (χ2v) is 7.77. The Bertz CT molecular complexity index is 615. The summed E-state index contributed by atoms with van der Waals surface area (Å²) in [5.74, 6) is 0.690. The van der Waals surface area contributed by atoms with Crippen LogP contribution in [0.25, 0.3) is 0 Å². The number of anilines is 2. The molecule has 1 aromatic carbocycles. The lowest BCUT2D eigenvalue weighted by Crippen LogP contribution is -2.39. The number of hydrogen-bond acceptors (Lipinski definition) is 4. The van der Waals surface area contributed by atoms with Gasteiger partial charge in [-0.2, -0.15) is 0 Å². The highest BCUT2D eigenvalue weighted by atomic mass is 16.2. The number of nitrogens with one attached hydrogen (secondary N) is 3. The highest BCUT2D eigenvalue weighted by Gasteiger charge is 2.38. The number of carbonyl (C=O) groups is 2. The van der Waals surface area contributed by atoms with Gasteiger partial charge in [0.2, 0.25) is 11.8 Å². The first-order chi connectivity index (χ1) is 12.5. The monoisotopic (exact) mass is 358 g/mol. The molecule has 142 valence electrons. The SMILES string of the molecule is CN(C)CCC(=O)Nc1ccc(NC(=O)C2CC3CCCCC3N2)cc1. The molecule has 3 atom stereocenters. The Hall–Kier alpha value is -1.92. The largest absolute Gasteiger partial charge is 0.326 e. The molecule has 1 aliphatic heterocycles. The Balaban J connectivity index is 1.48. The number of nitrogens with zero attached hydrogens (tertiary/aromatic N) is 1. The summed E-state index contributed by atoms with van der Waals surface area (Å²) >= 11 is 0. The van der Waals surface area contributed by atoms with Crippen molar-refractivity contribution in [1.29, 1.82) is 0 Å². The molecule has 1 saturated carbocycles. The Morgan fingerprint density at radius 3 is 2.38 bits per heavy atom. The van der Waals surface area contributed by atoms with E-state index in [0.29, 0.717) is 18.4 Å². The molecule has 0 spiro atoms. The highest BCUT2D eigenvalue weighted by molar-refractivity contribution is 5.96. The lowest BCUT2D eigenvalue weighted by atomic mass is 9.85. The summed E-state index contributed by atoms with van der Waals surface area (Å²) in [6, 6.07) is 7.74. The van der Waals surface area contributed by atoms with E-state index in [1.165, 1.54) is 25.7 Å². The predicted octanol–water partition coefficient (Wildman–Crippen LogP) is 2.44. The Kier molecular flexibility index (Phi) is 6.27. The van der Waals surface area contributed by atoms with Gasteiger partial charge < -0.3 is 20.9 Å². The van der Waals surface area contributed by atoms with Gasteiger partial charge in [0.1, 0.15) is 0 Å². The van der Waals surface area contributed by atoms with Crippen molar-refractivity contribution in [3.05, 3.63) is 24.3 Å². The molecule has 26 heavy (non-hydrogen) atoms. The number of amides is 2. The molecule has 6 heteroatoms. The smallest absolute Gasteiger partial charge is 0.241 e. The maximum Gasteiger partial charge on any atom is 0.241 e. The van der Waals surface area contributed by atoms with Gasteiger partial charge >= 0.3 is 0 Å². The van der Waals surface area contributed by atoms with E-state index in [4.69, 9.17) is 0 Å². The van der Waals surface area contributed by atoms with E-state index in [0.717, 1.165) is 24.3 Å². The fourth-order valence-electron chi connectivity index (χ4n) is 3.94. The average molecular weight is 358 g/mol. The Labute approximate surface area is 155 Å². The summed E-state index contributed by atoms with van der Waals surface area (Å²) in [6.45, 7) is 0.719. The third-order valence-corrected chi connectivity index (χ3v) is 5.40. The van der Waals surface area contributed by atoms with Gasteiger partial charge in [-0.1, -0.05) is 12.8 Å². The molecule has 6 nitrogen and oxygen atoms in total. The number of rotatable bonds is 6. The van der Waals surface area contributed by atoms with Crippen LogP contribution in [0.4, 0.5) is 11.4 Å². The molecule has 1 aliphatic carbocycles. The van der Waals surface area contributed by atoms with E-state index < -0.39 is 0 Å². The standard InChI is InChI=1S/C20H30N4O2/c1-24(2)12-11-19(25)21-15-7-9-16(10-8-15)22-20(26)18-13-14-5-3-4-6-17(14)23-18/h7-10,14,17-18,23H,3-6,11-13H2,1-2H3,(H,21,25)(H,22,26). The zero-order valence-corrected chi connectivity index (χ0v) is 15.8. The molecular weight excluding hydrogens is 328 g/mol. The van der Waals surface area contributed by atoms with Crippen LogP contribution >= 0.6 is 0 Å². The van der Waals surface area contributed by atoms with Crippen LogP contribution in [-0.4, -0.2) is 49.4 Å². The van der Waals surface area contributed by atoms with Gasteiger partial charge in [-0.15, -0.1) is 0 Å². The molecule has 0 aromatic heterocycles. The van der Waals surface area contributed by atoms with Crippen LogP contribution in [-0.2, 0) is 9.59 Å². The quantitative estimate of drug-likeness (QED) is 0.730. The molecule has 3 unspecified atom stereocenters. The lowest BCUT2D eigenvalue weighted by molar-refractivity contribution is -0.118. The van der Waals surface area contributed by atoms with Crippen LogP contribution in [0.15, 0.2) is 24.3 Å². The number of benzene rings is 1. The normalized spacial score (nSPS) is 25.0. The highest BCUT2D eigenvalue weighted by Crippen LogP contribution is 2.33. The second-order valence-electron chi connectivity index (χ2n) is 7.77. The van der Waals surface area contributed by atoms with Crippen LogP contribution in [0.5, 0.6) is 0 Å². The molecule has 0 bridgehead atoms. The summed E-state index contributed by atoms with van der Waals surface area (Å²) in [5, 5.41) is 9.37. The molecule has 1 heterocycles. The molecule has 0 radical (unpaired) electrons. The fraction of sp³-hybridized carbons (Fsp3) is 0.600. The second kappa shape index (κ2) is 8.64. The minimum atomic E-state index is -0.0893. The summed E-state index contributed by atoms with van der Waals surface area (Å²) in [5.41, 5.74) is 1.51. The molecule has 2 amide bonds. The van der Waals surface area contributed by atoms with Crippen molar-refractivity contribution in [3.8, 4) is 0 Å². The minimum absolute atomic E-state index is 0.00625. The van der Waals surface area contributed by atoms with Crippen molar-refractivity contribution in [2.45, 2.75) is 50.6 Å². The maximum atomic E-state index is 12.5. The summed E-state index contributed by atoms with van der Waals surface area (Å²) in [4.78, 5) is 26.4. The summed E-state index contributed by atoms with van der Waals surface area (Å²) < 4.78 is 0. The van der Waals surface area contributed by atoms with Crippen LogP contribution in [0, 0.1) is 5.92 Å². The van der Waals surface area contributed by atoms with Crippen LogP contribution < -0.4 is 16.0 Å². The van der Waals surface area contributed by atoms with Crippen molar-refractivity contribution in [3.63, 3.8) is 0 Å². The topological polar surface area (TPSA) is 73.5 Å². The van der Waals surface area contributed by atoms with Gasteiger partial charge in [-0.05, 0) is 63.5 Å². The number of hydrogen-bond donors (Lipinski definition) is 3. The van der Waals surface area contributed by atoms with E-state index in [1.54, 1.807) is 0 Å². The zero-order chi connectivity index (χ0) is 18.5. The van der Waals surface area contributed by atoms with Crippen molar-refractivity contribution < 1.29 is 9.59 Å². The molecule has 1 aromatic rings. The summed E-state index contributed by atoms with van der Waals surface area (Å²) in [7, 11) is 3.89. The van der Waals surface area contributed by atoms with E-state index in [9.17, 15) is 9.59 Å². The average Bonchev–Trinajstić information content (AvgIpc) is 3.06. The van der Waals surface area contributed by atoms with Gasteiger partial charge in [0.05, 0.1) is 6.04 Å². The van der Waals surface area contributed by atoms with Crippen LogP contribution in [0.2, 0.25) is 0 Å². The summed E-state index contributed by atoms with van der Waals surface area (Å²) in [6.07, 6.45) is 6.39. The Morgan fingerprint density at radius 1 is 1.08 bits per heavy atom. The van der Waals surface area contributed by atoms with Gasteiger partial charge in [0.15, 0.2) is 0 Å². The number of carbonyl (C=O) groups excluding carboxylic acids is 2. The lowest BCUT2D eigenvalue weighted by Gasteiger charge is -2.24. The van der Waals surface area contributed by atoms with Crippen molar-refractivity contribution in [2.75, 3.05) is 31.3 Å². The van der Waals surface area contributed by atoms with Crippen LogP contribution in [0.3, 0.4) is 0 Å². The van der Waals surface area contributed by atoms with Gasteiger partial charge in [-0.3, -0.25) is 9.59 Å². The molecule has 2 fully saturated rings. The fourth-order valence-corrected chi connectivity index (χ4v) is 3.94. The maximum absolute atomic E-state index is 12.5. The van der Waals surface area contributed by atoms with Gasteiger partial charge in [-0.25, -0.2) is 0 Å². The first kappa shape index (κ1) is 18.9. The first-order valence-corrected chi connectivity index (χ1v) is 9.63. The molecule has 2 aliphatic rings. The van der Waals surface area contributed by atoms with E-state index in [2.05, 4.69) is 16.0 Å². The van der Waals surface area contributed by atoms with E-state index in [-0.39, 0.29) is 17.9 Å². The molecule has 1 saturated heterocycles. The van der Waals surface area contributed by atoms with Gasteiger partial charge in [0, 0.05) is 30.4 Å². The predicted molar refractivity (Wildman–Crippen MR) is 104 cm³/mol. The molecule has 3 rings (SSSR count). The van der Waals surface area contributed by atoms with E-state index in [1.807, 2.05) is 43.3 Å². The van der Waals surface area contributed by atoms with E-state index >= 15 is 0 Å². The third kappa shape index (κ3) is 5.05. The Morgan fingerprint density at radius 2 is 1.73 bits per heavy atom. The first-order valence-electron chi connectivity index (χ1n) is 9.63. The van der Waals surface area contributed by atoms with Crippen molar-refractivity contribution in [1.82, 2.24) is 10.2 Å². The van der Waals surface area contributed by atoms with Crippen LogP contribution in [0.1, 0.15) is 38.5 Å².